The van der Waals surface area contributed by atoms with E-state index in [9.17, 15) is 13.2 Å². The summed E-state index contributed by atoms with van der Waals surface area (Å²) < 4.78 is 38.5. The predicted molar refractivity (Wildman–Crippen MR) is 106 cm³/mol. The molecule has 0 bridgehead atoms. The maximum Gasteiger partial charge on any atom is 0.261 e. The molecule has 1 aliphatic heterocycles. The van der Waals surface area contributed by atoms with Crippen molar-refractivity contribution in [2.24, 2.45) is 0 Å². The molecule has 1 heterocycles. The number of carbonyl (C=O) groups is 1. The molecule has 1 amide bonds. The second kappa shape index (κ2) is 9.07. The number of hydrogen-bond acceptors (Lipinski definition) is 5. The summed E-state index contributed by atoms with van der Waals surface area (Å²) in [7, 11) is -2.26. The highest BCUT2D eigenvalue weighted by atomic mass is 32.2. The van der Waals surface area contributed by atoms with Crippen molar-refractivity contribution in [1.29, 1.82) is 0 Å². The molecular formula is C20H24N2O5S. The zero-order chi connectivity index (χ0) is 20.0. The monoisotopic (exact) mass is 404 g/mol. The third-order valence-electron chi connectivity index (χ3n) is 4.49. The van der Waals surface area contributed by atoms with Crippen molar-refractivity contribution in [2.45, 2.75) is 17.7 Å². The third kappa shape index (κ3) is 4.82. The molecule has 0 spiro atoms. The SMILES string of the molecule is COCCOc1ccc(S(=O)(=O)Nc2ccccc2C(=O)N2CCCC2)cc1. The van der Waals surface area contributed by atoms with Crippen LogP contribution in [0.2, 0.25) is 0 Å². The van der Waals surface area contributed by atoms with Crippen LogP contribution in [0.4, 0.5) is 5.69 Å². The first-order valence-corrected chi connectivity index (χ1v) is 10.6. The Balaban J connectivity index is 1.76. The molecule has 0 saturated carbocycles. The Morgan fingerprint density at radius 3 is 2.39 bits per heavy atom. The summed E-state index contributed by atoms with van der Waals surface area (Å²) in [6, 6.07) is 12.8. The van der Waals surface area contributed by atoms with E-state index in [0.717, 1.165) is 12.8 Å². The van der Waals surface area contributed by atoms with Crippen LogP contribution < -0.4 is 9.46 Å². The van der Waals surface area contributed by atoms with E-state index in [-0.39, 0.29) is 16.5 Å². The summed E-state index contributed by atoms with van der Waals surface area (Å²) in [6.45, 7) is 2.23. The van der Waals surface area contributed by atoms with Crippen LogP contribution in [0.25, 0.3) is 0 Å². The Morgan fingerprint density at radius 2 is 1.71 bits per heavy atom. The van der Waals surface area contributed by atoms with Crippen molar-refractivity contribution in [3.05, 3.63) is 54.1 Å². The Labute approximate surface area is 165 Å². The van der Waals surface area contributed by atoms with E-state index < -0.39 is 10.0 Å². The zero-order valence-corrected chi connectivity index (χ0v) is 16.6. The van der Waals surface area contributed by atoms with E-state index in [1.807, 2.05) is 0 Å². The van der Waals surface area contributed by atoms with E-state index in [1.165, 1.54) is 12.1 Å². The van der Waals surface area contributed by atoms with Crippen LogP contribution in [0, 0.1) is 0 Å². The van der Waals surface area contributed by atoms with Crippen molar-refractivity contribution in [2.75, 3.05) is 38.1 Å². The van der Waals surface area contributed by atoms with E-state index in [1.54, 1.807) is 48.4 Å². The second-order valence-corrected chi connectivity index (χ2v) is 8.15. The molecule has 3 rings (SSSR count). The van der Waals surface area contributed by atoms with Crippen LogP contribution in [0.5, 0.6) is 5.75 Å². The summed E-state index contributed by atoms with van der Waals surface area (Å²) in [5, 5.41) is 0. The number of sulfonamides is 1. The Hall–Kier alpha value is -2.58. The van der Waals surface area contributed by atoms with Gasteiger partial charge in [0.25, 0.3) is 15.9 Å². The summed E-state index contributed by atoms with van der Waals surface area (Å²) in [5.41, 5.74) is 0.632. The molecule has 0 aliphatic carbocycles. The highest BCUT2D eigenvalue weighted by molar-refractivity contribution is 7.92. The van der Waals surface area contributed by atoms with E-state index in [0.29, 0.717) is 37.6 Å². The molecular weight excluding hydrogens is 380 g/mol. The van der Waals surface area contributed by atoms with Crippen LogP contribution in [0.15, 0.2) is 53.4 Å². The summed E-state index contributed by atoms with van der Waals surface area (Å²) in [5.74, 6) is 0.401. The quantitative estimate of drug-likeness (QED) is 0.684. The lowest BCUT2D eigenvalue weighted by atomic mass is 10.1. The van der Waals surface area contributed by atoms with Gasteiger partial charge in [0.2, 0.25) is 0 Å². The van der Waals surface area contributed by atoms with Gasteiger partial charge in [-0.2, -0.15) is 0 Å². The first-order valence-electron chi connectivity index (χ1n) is 9.14. The molecule has 0 radical (unpaired) electrons. The van der Waals surface area contributed by atoms with Gasteiger partial charge in [0, 0.05) is 20.2 Å². The minimum atomic E-state index is -3.84. The fraction of sp³-hybridized carbons (Fsp3) is 0.350. The van der Waals surface area contributed by atoms with Gasteiger partial charge < -0.3 is 14.4 Å². The number of nitrogens with one attached hydrogen (secondary N) is 1. The van der Waals surface area contributed by atoms with Gasteiger partial charge in [-0.05, 0) is 49.2 Å². The number of hydrogen-bond donors (Lipinski definition) is 1. The van der Waals surface area contributed by atoms with Crippen LogP contribution in [0.1, 0.15) is 23.2 Å². The summed E-state index contributed by atoms with van der Waals surface area (Å²) in [6.07, 6.45) is 1.94. The molecule has 1 aliphatic rings. The molecule has 2 aromatic carbocycles. The van der Waals surface area contributed by atoms with Crippen LogP contribution in [-0.4, -0.2) is 52.6 Å². The number of rotatable bonds is 8. The largest absolute Gasteiger partial charge is 0.491 e. The number of nitrogens with zero attached hydrogens (tertiary/aromatic N) is 1. The van der Waals surface area contributed by atoms with Crippen LogP contribution in [0.3, 0.4) is 0 Å². The number of ether oxygens (including phenoxy) is 2. The highest BCUT2D eigenvalue weighted by Gasteiger charge is 2.24. The zero-order valence-electron chi connectivity index (χ0n) is 15.8. The minimum absolute atomic E-state index is 0.0926. The van der Waals surface area contributed by atoms with Crippen molar-refractivity contribution in [3.8, 4) is 5.75 Å². The third-order valence-corrected chi connectivity index (χ3v) is 5.87. The molecule has 28 heavy (non-hydrogen) atoms. The molecule has 0 atom stereocenters. The fourth-order valence-electron chi connectivity index (χ4n) is 3.01. The molecule has 0 unspecified atom stereocenters. The number of carbonyl (C=O) groups excluding carboxylic acids is 1. The van der Waals surface area contributed by atoms with Gasteiger partial charge in [-0.15, -0.1) is 0 Å². The van der Waals surface area contributed by atoms with Gasteiger partial charge in [-0.1, -0.05) is 12.1 Å². The van der Waals surface area contributed by atoms with E-state index in [4.69, 9.17) is 9.47 Å². The minimum Gasteiger partial charge on any atom is -0.491 e. The molecule has 2 aromatic rings. The lowest BCUT2D eigenvalue weighted by Gasteiger charge is -2.18. The van der Waals surface area contributed by atoms with Crippen molar-refractivity contribution in [3.63, 3.8) is 0 Å². The van der Waals surface area contributed by atoms with Gasteiger partial charge in [-0.25, -0.2) is 8.42 Å². The van der Waals surface area contributed by atoms with Gasteiger partial charge in [0.05, 0.1) is 22.8 Å². The maximum atomic E-state index is 12.8. The number of methoxy groups -OCH3 is 1. The molecule has 0 aromatic heterocycles. The standard InChI is InChI=1S/C20H24N2O5S/c1-26-14-15-27-16-8-10-17(11-9-16)28(24,25)21-19-7-3-2-6-18(19)20(23)22-12-4-5-13-22/h2-3,6-11,21H,4-5,12-15H2,1H3. The number of amides is 1. The predicted octanol–water partition coefficient (Wildman–Crippen LogP) is 2.75. The average molecular weight is 404 g/mol. The van der Waals surface area contributed by atoms with E-state index in [2.05, 4.69) is 4.72 Å². The Bertz CT molecular complexity index is 906. The normalized spacial score (nSPS) is 14.1. The number of benzene rings is 2. The first kappa shape index (κ1) is 20.2. The van der Waals surface area contributed by atoms with Crippen molar-refractivity contribution < 1.29 is 22.7 Å². The van der Waals surface area contributed by atoms with Crippen molar-refractivity contribution >= 4 is 21.6 Å². The molecule has 1 N–H and O–H groups in total. The lowest BCUT2D eigenvalue weighted by Crippen LogP contribution is -2.28. The van der Waals surface area contributed by atoms with Gasteiger partial charge in [-0.3, -0.25) is 9.52 Å². The number of para-hydroxylation sites is 1. The molecule has 1 saturated heterocycles. The van der Waals surface area contributed by atoms with E-state index >= 15 is 0 Å². The fourth-order valence-corrected chi connectivity index (χ4v) is 4.09. The first-order chi connectivity index (χ1) is 13.5. The lowest BCUT2D eigenvalue weighted by molar-refractivity contribution is 0.0794. The van der Waals surface area contributed by atoms with Gasteiger partial charge in [0.15, 0.2) is 0 Å². The number of likely N-dealkylation sites (tertiary alicyclic amines) is 1. The Morgan fingerprint density at radius 1 is 1.04 bits per heavy atom. The molecule has 150 valence electrons. The van der Waals surface area contributed by atoms with Gasteiger partial charge >= 0.3 is 0 Å². The molecule has 1 fully saturated rings. The highest BCUT2D eigenvalue weighted by Crippen LogP contribution is 2.24. The molecule has 8 heteroatoms. The van der Waals surface area contributed by atoms with Crippen LogP contribution in [-0.2, 0) is 14.8 Å². The topological polar surface area (TPSA) is 84.9 Å². The number of anilines is 1. The average Bonchev–Trinajstić information content (AvgIpc) is 3.23. The summed E-state index contributed by atoms with van der Waals surface area (Å²) in [4.78, 5) is 14.6. The smallest absolute Gasteiger partial charge is 0.261 e. The van der Waals surface area contributed by atoms with Crippen LogP contribution >= 0.6 is 0 Å². The Kier molecular flexibility index (Phi) is 6.53. The molecule has 7 nitrogen and oxygen atoms in total. The van der Waals surface area contributed by atoms with Crippen molar-refractivity contribution in [1.82, 2.24) is 4.90 Å². The van der Waals surface area contributed by atoms with Gasteiger partial charge in [0.1, 0.15) is 12.4 Å². The second-order valence-electron chi connectivity index (χ2n) is 6.46. The maximum absolute atomic E-state index is 12.8. The summed E-state index contributed by atoms with van der Waals surface area (Å²) >= 11 is 0.